The monoisotopic (exact) mass is 394 g/mol. The molecular weight excluding hydrogens is 372 g/mol. The van der Waals surface area contributed by atoms with Crippen molar-refractivity contribution >= 4 is 29.0 Å². The van der Waals surface area contributed by atoms with Crippen LogP contribution in [0.25, 0.3) is 0 Å². The summed E-state index contributed by atoms with van der Waals surface area (Å²) in [5.41, 5.74) is 3.24. The van der Waals surface area contributed by atoms with Gasteiger partial charge in [-0.15, -0.1) is 0 Å². The van der Waals surface area contributed by atoms with Gasteiger partial charge in [0.15, 0.2) is 0 Å². The van der Waals surface area contributed by atoms with Crippen molar-refractivity contribution < 1.29 is 15.0 Å². The van der Waals surface area contributed by atoms with Gasteiger partial charge in [0, 0.05) is 40.2 Å². The molecule has 1 amide bonds. The van der Waals surface area contributed by atoms with Crippen LogP contribution in [-0.2, 0) is 17.9 Å². The van der Waals surface area contributed by atoms with E-state index < -0.39 is 0 Å². The number of anilines is 2. The van der Waals surface area contributed by atoms with Crippen LogP contribution in [0.1, 0.15) is 18.1 Å². The predicted octanol–water partition coefficient (Wildman–Crippen LogP) is 4.61. The highest BCUT2D eigenvalue weighted by atomic mass is 32.2. The number of phenols is 1. The zero-order valence-corrected chi connectivity index (χ0v) is 16.3. The van der Waals surface area contributed by atoms with Crippen molar-refractivity contribution in [2.75, 3.05) is 10.6 Å². The minimum absolute atomic E-state index is 0.0876. The van der Waals surface area contributed by atoms with Crippen molar-refractivity contribution in [2.24, 2.45) is 0 Å². The van der Waals surface area contributed by atoms with E-state index in [4.69, 9.17) is 0 Å². The molecule has 0 heterocycles. The second kappa shape index (κ2) is 9.30. The number of hydrogen-bond donors (Lipinski definition) is 4. The van der Waals surface area contributed by atoms with Crippen LogP contribution in [0.5, 0.6) is 5.75 Å². The van der Waals surface area contributed by atoms with Gasteiger partial charge in [0.1, 0.15) is 5.75 Å². The fourth-order valence-electron chi connectivity index (χ4n) is 2.71. The first-order valence-corrected chi connectivity index (χ1v) is 9.67. The summed E-state index contributed by atoms with van der Waals surface area (Å²) in [6, 6.07) is 21.0. The SMILES string of the molecule is CC(=O)Nc1ccc(Sc2ccccc2CNc2ccc(O)c(CO)c2)cc1. The number of nitrogens with one attached hydrogen (secondary N) is 2. The third-order valence-electron chi connectivity index (χ3n) is 4.11. The quantitative estimate of drug-likeness (QED) is 0.440. The Kier molecular flexibility index (Phi) is 6.57. The van der Waals surface area contributed by atoms with Crippen molar-refractivity contribution in [2.45, 2.75) is 29.9 Å². The Hall–Kier alpha value is -2.96. The Morgan fingerprint density at radius 1 is 0.964 bits per heavy atom. The van der Waals surface area contributed by atoms with Gasteiger partial charge >= 0.3 is 0 Å². The lowest BCUT2D eigenvalue weighted by Gasteiger charge is -2.13. The zero-order chi connectivity index (χ0) is 19.9. The molecule has 6 heteroatoms. The maximum Gasteiger partial charge on any atom is 0.221 e. The number of amides is 1. The summed E-state index contributed by atoms with van der Waals surface area (Å²) < 4.78 is 0. The molecule has 0 aliphatic rings. The highest BCUT2D eigenvalue weighted by Crippen LogP contribution is 2.32. The molecule has 0 atom stereocenters. The lowest BCUT2D eigenvalue weighted by Crippen LogP contribution is -2.05. The van der Waals surface area contributed by atoms with E-state index in [0.29, 0.717) is 12.1 Å². The van der Waals surface area contributed by atoms with E-state index >= 15 is 0 Å². The Balaban J connectivity index is 1.70. The van der Waals surface area contributed by atoms with Crippen LogP contribution >= 0.6 is 11.8 Å². The molecule has 0 saturated heterocycles. The van der Waals surface area contributed by atoms with Crippen molar-refractivity contribution in [1.82, 2.24) is 0 Å². The maximum absolute atomic E-state index is 11.1. The first-order chi connectivity index (χ1) is 13.5. The molecule has 28 heavy (non-hydrogen) atoms. The normalized spacial score (nSPS) is 10.5. The van der Waals surface area contributed by atoms with Gasteiger partial charge in [0.2, 0.25) is 5.91 Å². The van der Waals surface area contributed by atoms with Gasteiger partial charge in [0.25, 0.3) is 0 Å². The highest BCUT2D eigenvalue weighted by Gasteiger charge is 2.06. The fraction of sp³-hybridized carbons (Fsp3) is 0.136. The van der Waals surface area contributed by atoms with E-state index in [2.05, 4.69) is 22.8 Å². The molecule has 3 aromatic carbocycles. The Labute approximate surface area is 168 Å². The lowest BCUT2D eigenvalue weighted by molar-refractivity contribution is -0.114. The van der Waals surface area contributed by atoms with Crippen LogP contribution in [0, 0.1) is 0 Å². The van der Waals surface area contributed by atoms with E-state index in [1.165, 1.54) is 6.92 Å². The number of aliphatic hydroxyl groups is 1. The highest BCUT2D eigenvalue weighted by molar-refractivity contribution is 7.99. The largest absolute Gasteiger partial charge is 0.508 e. The summed E-state index contributed by atoms with van der Waals surface area (Å²) in [5, 5.41) is 25.1. The number of hydrogen-bond acceptors (Lipinski definition) is 5. The molecule has 0 unspecified atom stereocenters. The predicted molar refractivity (Wildman–Crippen MR) is 113 cm³/mol. The molecule has 0 spiro atoms. The minimum atomic E-state index is -0.206. The number of benzene rings is 3. The molecule has 3 aromatic rings. The molecule has 0 aliphatic carbocycles. The molecule has 0 aliphatic heterocycles. The summed E-state index contributed by atoms with van der Waals surface area (Å²) in [5.74, 6) is 0.00197. The summed E-state index contributed by atoms with van der Waals surface area (Å²) >= 11 is 1.65. The molecule has 4 N–H and O–H groups in total. The van der Waals surface area contributed by atoms with Gasteiger partial charge in [-0.3, -0.25) is 4.79 Å². The van der Waals surface area contributed by atoms with Crippen molar-refractivity contribution in [3.05, 3.63) is 77.9 Å². The third kappa shape index (κ3) is 5.28. The second-order valence-electron chi connectivity index (χ2n) is 6.27. The molecular formula is C22H22N2O3S. The topological polar surface area (TPSA) is 81.6 Å². The summed E-state index contributed by atoms with van der Waals surface area (Å²) in [6.07, 6.45) is 0. The number of carbonyl (C=O) groups excluding carboxylic acids is 1. The van der Waals surface area contributed by atoms with E-state index in [1.807, 2.05) is 36.4 Å². The first-order valence-electron chi connectivity index (χ1n) is 8.85. The Morgan fingerprint density at radius 3 is 2.39 bits per heavy atom. The van der Waals surface area contributed by atoms with Crippen molar-refractivity contribution in [3.8, 4) is 5.75 Å². The van der Waals surface area contributed by atoms with Crippen LogP contribution in [0.3, 0.4) is 0 Å². The molecule has 144 valence electrons. The smallest absolute Gasteiger partial charge is 0.221 e. The molecule has 3 rings (SSSR count). The van der Waals surface area contributed by atoms with Gasteiger partial charge < -0.3 is 20.8 Å². The van der Waals surface area contributed by atoms with E-state index in [-0.39, 0.29) is 18.3 Å². The first kappa shape index (κ1) is 19.8. The Bertz CT molecular complexity index is 958. The van der Waals surface area contributed by atoms with E-state index in [9.17, 15) is 15.0 Å². The average molecular weight is 394 g/mol. The maximum atomic E-state index is 11.1. The van der Waals surface area contributed by atoms with Gasteiger partial charge in [-0.2, -0.15) is 0 Å². The molecule has 0 saturated carbocycles. The van der Waals surface area contributed by atoms with Crippen LogP contribution in [0.15, 0.2) is 76.5 Å². The number of carbonyl (C=O) groups is 1. The summed E-state index contributed by atoms with van der Waals surface area (Å²) in [6.45, 7) is 1.90. The summed E-state index contributed by atoms with van der Waals surface area (Å²) in [4.78, 5) is 13.3. The van der Waals surface area contributed by atoms with Gasteiger partial charge in [0.05, 0.1) is 6.61 Å². The number of aromatic hydroxyl groups is 1. The van der Waals surface area contributed by atoms with Gasteiger partial charge in [-0.05, 0) is 54.1 Å². The van der Waals surface area contributed by atoms with Gasteiger partial charge in [-0.1, -0.05) is 30.0 Å². The van der Waals surface area contributed by atoms with Crippen LogP contribution in [0.4, 0.5) is 11.4 Å². The number of rotatable bonds is 7. The average Bonchev–Trinajstić information content (AvgIpc) is 2.69. The standard InChI is InChI=1S/C22H22N2O3S/c1-15(26)24-18-6-9-20(10-7-18)28-22-5-3-2-4-16(22)13-23-19-8-11-21(27)17(12-19)14-25/h2-12,23,25,27H,13-14H2,1H3,(H,24,26). The lowest BCUT2D eigenvalue weighted by atomic mass is 10.1. The Morgan fingerprint density at radius 2 is 1.68 bits per heavy atom. The molecule has 5 nitrogen and oxygen atoms in total. The zero-order valence-electron chi connectivity index (χ0n) is 15.5. The minimum Gasteiger partial charge on any atom is -0.508 e. The van der Waals surface area contributed by atoms with Crippen molar-refractivity contribution in [1.29, 1.82) is 0 Å². The van der Waals surface area contributed by atoms with Crippen LogP contribution in [0.2, 0.25) is 0 Å². The van der Waals surface area contributed by atoms with Crippen molar-refractivity contribution in [3.63, 3.8) is 0 Å². The summed E-state index contributed by atoms with van der Waals surface area (Å²) in [7, 11) is 0. The molecule has 0 aromatic heterocycles. The van der Waals surface area contributed by atoms with Gasteiger partial charge in [-0.25, -0.2) is 0 Å². The van der Waals surface area contributed by atoms with Crippen LogP contribution in [-0.4, -0.2) is 16.1 Å². The molecule has 0 bridgehead atoms. The van der Waals surface area contributed by atoms with E-state index in [1.54, 1.807) is 30.0 Å². The van der Waals surface area contributed by atoms with E-state index in [0.717, 1.165) is 26.7 Å². The number of aliphatic hydroxyl groups excluding tert-OH is 1. The molecule has 0 fully saturated rings. The third-order valence-corrected chi connectivity index (χ3v) is 5.23. The van der Waals surface area contributed by atoms with Crippen LogP contribution < -0.4 is 10.6 Å². The fourth-order valence-corrected chi connectivity index (χ4v) is 3.65. The molecule has 0 radical (unpaired) electrons. The second-order valence-corrected chi connectivity index (χ2v) is 7.39.